The second kappa shape index (κ2) is 5.95. The molecule has 7 heteroatoms. The van der Waals surface area contributed by atoms with E-state index in [0.29, 0.717) is 24.7 Å². The van der Waals surface area contributed by atoms with Gasteiger partial charge in [-0.1, -0.05) is 0 Å². The molecular weight excluding hydrogens is 286 g/mol. The molecular formula is C14H19N5OS. The molecule has 2 aromatic rings. The Labute approximate surface area is 127 Å². The number of anilines is 1. The van der Waals surface area contributed by atoms with Crippen molar-refractivity contribution >= 4 is 33.3 Å². The topological polar surface area (TPSA) is 98.1 Å². The van der Waals surface area contributed by atoms with Gasteiger partial charge >= 0.3 is 0 Å². The number of carbonyl (C=O) groups excluding carboxylic acids is 1. The third kappa shape index (κ3) is 3.30. The van der Waals surface area contributed by atoms with E-state index in [9.17, 15) is 4.79 Å². The van der Waals surface area contributed by atoms with Gasteiger partial charge in [0.2, 0.25) is 5.91 Å². The van der Waals surface area contributed by atoms with Crippen LogP contribution in [0.4, 0.5) is 5.82 Å². The smallest absolute Gasteiger partial charge is 0.217 e. The molecule has 0 saturated carbocycles. The first-order valence-electron chi connectivity index (χ1n) is 7.12. The average Bonchev–Trinajstić information content (AvgIpc) is 2.89. The van der Waals surface area contributed by atoms with Crippen molar-refractivity contribution in [3.63, 3.8) is 0 Å². The molecule has 2 aromatic heterocycles. The molecule has 112 valence electrons. The van der Waals surface area contributed by atoms with Crippen LogP contribution in [0.3, 0.4) is 0 Å². The normalized spacial score (nSPS) is 17.3. The Morgan fingerprint density at radius 3 is 2.86 bits per heavy atom. The lowest BCUT2D eigenvalue weighted by atomic mass is 9.93. The lowest BCUT2D eigenvalue weighted by Gasteiger charge is -2.30. The third-order valence-electron chi connectivity index (χ3n) is 3.96. The molecule has 1 saturated heterocycles. The molecule has 4 N–H and O–H groups in total. The number of rotatable bonds is 4. The quantitative estimate of drug-likeness (QED) is 0.888. The summed E-state index contributed by atoms with van der Waals surface area (Å²) in [7, 11) is 0. The molecule has 21 heavy (non-hydrogen) atoms. The number of hydrogen-bond donors (Lipinski definition) is 2. The van der Waals surface area contributed by atoms with Crippen LogP contribution in [-0.4, -0.2) is 33.9 Å². The number of thiophene rings is 1. The molecule has 1 fully saturated rings. The lowest BCUT2D eigenvalue weighted by Crippen LogP contribution is -2.35. The Bertz CT molecular complexity index is 648. The highest BCUT2D eigenvalue weighted by molar-refractivity contribution is 7.16. The summed E-state index contributed by atoms with van der Waals surface area (Å²) in [6, 6.07) is 1.95. The molecule has 0 aromatic carbocycles. The number of amides is 1. The minimum atomic E-state index is -0.201. The van der Waals surface area contributed by atoms with E-state index in [1.165, 1.54) is 0 Å². The van der Waals surface area contributed by atoms with Gasteiger partial charge in [0.1, 0.15) is 16.5 Å². The Morgan fingerprint density at radius 1 is 1.38 bits per heavy atom. The second-order valence-electron chi connectivity index (χ2n) is 5.55. The van der Waals surface area contributed by atoms with Gasteiger partial charge in [0, 0.05) is 6.42 Å². The molecule has 0 spiro atoms. The van der Waals surface area contributed by atoms with Crippen molar-refractivity contribution in [2.24, 2.45) is 11.7 Å². The molecule has 1 amide bonds. The van der Waals surface area contributed by atoms with E-state index in [-0.39, 0.29) is 5.91 Å². The highest BCUT2D eigenvalue weighted by Crippen LogP contribution is 2.25. The fourth-order valence-corrected chi connectivity index (χ4v) is 3.62. The fraction of sp³-hybridized carbons (Fsp3) is 0.500. The molecule has 1 aliphatic rings. The summed E-state index contributed by atoms with van der Waals surface area (Å²) in [6.45, 7) is 2.61. The first kappa shape index (κ1) is 14.2. The van der Waals surface area contributed by atoms with Gasteiger partial charge in [0.25, 0.3) is 0 Å². The first-order valence-corrected chi connectivity index (χ1v) is 8.00. The molecule has 0 atom stereocenters. The number of fused-ring (bicyclic) bond motifs is 1. The van der Waals surface area contributed by atoms with Crippen LogP contribution in [-0.2, 0) is 11.3 Å². The van der Waals surface area contributed by atoms with Crippen LogP contribution in [0.25, 0.3) is 10.2 Å². The molecule has 0 radical (unpaired) electrons. The van der Waals surface area contributed by atoms with Gasteiger partial charge in [-0.25, -0.2) is 9.97 Å². The highest BCUT2D eigenvalue weighted by atomic mass is 32.1. The average molecular weight is 305 g/mol. The number of hydrogen-bond acceptors (Lipinski definition) is 6. The number of nitrogens with zero attached hydrogens (tertiary/aromatic N) is 3. The van der Waals surface area contributed by atoms with Crippen molar-refractivity contribution in [3.05, 3.63) is 17.3 Å². The maximum atomic E-state index is 11.0. The predicted octanol–water partition coefficient (Wildman–Crippen LogP) is 1.36. The van der Waals surface area contributed by atoms with Crippen LogP contribution in [0.5, 0.6) is 0 Å². The van der Waals surface area contributed by atoms with Crippen LogP contribution in [0, 0.1) is 5.92 Å². The zero-order valence-corrected chi connectivity index (χ0v) is 12.6. The minimum absolute atomic E-state index is 0.201. The van der Waals surface area contributed by atoms with Crippen LogP contribution < -0.4 is 11.5 Å². The van der Waals surface area contributed by atoms with Crippen LogP contribution in [0.2, 0.25) is 0 Å². The number of piperidine rings is 1. The number of nitrogen functional groups attached to an aromatic ring is 1. The Balaban J connectivity index is 1.63. The Kier molecular flexibility index (Phi) is 4.03. The van der Waals surface area contributed by atoms with Crippen molar-refractivity contribution in [2.45, 2.75) is 25.8 Å². The van der Waals surface area contributed by atoms with Gasteiger partial charge in [-0.3, -0.25) is 9.69 Å². The minimum Gasteiger partial charge on any atom is -0.383 e. The van der Waals surface area contributed by atoms with E-state index < -0.39 is 0 Å². The lowest BCUT2D eigenvalue weighted by molar-refractivity contribution is -0.119. The fourth-order valence-electron chi connectivity index (χ4n) is 2.83. The summed E-state index contributed by atoms with van der Waals surface area (Å²) in [6.07, 6.45) is 2.50. The summed E-state index contributed by atoms with van der Waals surface area (Å²) in [5.74, 6) is 1.55. The van der Waals surface area contributed by atoms with Crippen molar-refractivity contribution in [3.8, 4) is 0 Å². The number of likely N-dealkylation sites (tertiary alicyclic amines) is 1. The Morgan fingerprint density at radius 2 is 2.14 bits per heavy atom. The van der Waals surface area contributed by atoms with Gasteiger partial charge in [-0.15, -0.1) is 11.3 Å². The van der Waals surface area contributed by atoms with Crippen molar-refractivity contribution in [1.29, 1.82) is 0 Å². The zero-order chi connectivity index (χ0) is 14.8. The molecule has 0 unspecified atom stereocenters. The van der Waals surface area contributed by atoms with E-state index in [4.69, 9.17) is 11.5 Å². The molecule has 6 nitrogen and oxygen atoms in total. The maximum Gasteiger partial charge on any atom is 0.217 e. The molecule has 3 rings (SSSR count). The van der Waals surface area contributed by atoms with Crippen LogP contribution >= 0.6 is 11.3 Å². The van der Waals surface area contributed by atoms with E-state index in [1.54, 1.807) is 11.3 Å². The Hall–Kier alpha value is -1.73. The van der Waals surface area contributed by atoms with E-state index in [1.807, 2.05) is 11.4 Å². The summed E-state index contributed by atoms with van der Waals surface area (Å²) >= 11 is 1.58. The van der Waals surface area contributed by atoms with E-state index in [2.05, 4.69) is 14.9 Å². The monoisotopic (exact) mass is 305 g/mol. The van der Waals surface area contributed by atoms with E-state index in [0.717, 1.165) is 42.0 Å². The molecule has 0 bridgehead atoms. The van der Waals surface area contributed by atoms with Gasteiger partial charge < -0.3 is 11.5 Å². The van der Waals surface area contributed by atoms with Crippen molar-refractivity contribution in [2.75, 3.05) is 18.8 Å². The van der Waals surface area contributed by atoms with Crippen LogP contribution in [0.1, 0.15) is 25.1 Å². The third-order valence-corrected chi connectivity index (χ3v) is 4.77. The largest absolute Gasteiger partial charge is 0.383 e. The predicted molar refractivity (Wildman–Crippen MR) is 83.6 cm³/mol. The summed E-state index contributed by atoms with van der Waals surface area (Å²) in [5.41, 5.74) is 11.2. The molecule has 0 aliphatic carbocycles. The van der Waals surface area contributed by atoms with Crippen molar-refractivity contribution < 1.29 is 4.79 Å². The molecule has 1 aliphatic heterocycles. The summed E-state index contributed by atoms with van der Waals surface area (Å²) < 4.78 is 0. The molecule has 3 heterocycles. The zero-order valence-electron chi connectivity index (χ0n) is 11.8. The van der Waals surface area contributed by atoms with Gasteiger partial charge in [0.15, 0.2) is 0 Å². The number of aromatic nitrogens is 2. The second-order valence-corrected chi connectivity index (χ2v) is 6.45. The highest BCUT2D eigenvalue weighted by Gasteiger charge is 2.21. The van der Waals surface area contributed by atoms with Gasteiger partial charge in [-0.2, -0.15) is 0 Å². The van der Waals surface area contributed by atoms with Crippen molar-refractivity contribution in [1.82, 2.24) is 14.9 Å². The number of carbonyl (C=O) groups is 1. The number of primary amides is 1. The SMILES string of the molecule is NC(=O)CC1CCN(Cc2nc(N)c3ccsc3n2)CC1. The summed E-state index contributed by atoms with van der Waals surface area (Å²) in [4.78, 5) is 23.2. The van der Waals surface area contributed by atoms with Gasteiger partial charge in [0.05, 0.1) is 11.9 Å². The first-order chi connectivity index (χ1) is 10.1. The van der Waals surface area contributed by atoms with Gasteiger partial charge in [-0.05, 0) is 43.3 Å². The maximum absolute atomic E-state index is 11.0. The standard InChI is InChI=1S/C14H19N5OS/c15-11(20)7-9-1-4-19(5-2-9)8-12-17-13(16)10-3-6-21-14(10)18-12/h3,6,9H,1-2,4-5,7-8H2,(H2,15,20)(H2,16,17,18). The van der Waals surface area contributed by atoms with Crippen LogP contribution in [0.15, 0.2) is 11.4 Å². The summed E-state index contributed by atoms with van der Waals surface area (Å²) in [5, 5.41) is 2.92. The van der Waals surface area contributed by atoms with E-state index >= 15 is 0 Å². The number of nitrogens with two attached hydrogens (primary N) is 2.